The predicted molar refractivity (Wildman–Crippen MR) is 57.3 cm³/mol. The van der Waals surface area contributed by atoms with E-state index < -0.39 is 0 Å². The van der Waals surface area contributed by atoms with Crippen LogP contribution in [0.3, 0.4) is 0 Å². The SMILES string of the molecule is CC1(C)CC(OCCCN)C(C)(C)O1. The fourth-order valence-electron chi connectivity index (χ4n) is 2.08. The highest BCUT2D eigenvalue weighted by Gasteiger charge is 2.46. The molecule has 1 saturated heterocycles. The van der Waals surface area contributed by atoms with Crippen LogP contribution in [-0.4, -0.2) is 30.5 Å². The monoisotopic (exact) mass is 201 g/mol. The summed E-state index contributed by atoms with van der Waals surface area (Å²) in [5, 5.41) is 0. The Labute approximate surface area is 86.9 Å². The van der Waals surface area contributed by atoms with Gasteiger partial charge in [-0.25, -0.2) is 0 Å². The molecule has 1 rings (SSSR count). The lowest BCUT2D eigenvalue weighted by Gasteiger charge is -2.27. The Kier molecular flexibility index (Phi) is 3.56. The van der Waals surface area contributed by atoms with Gasteiger partial charge >= 0.3 is 0 Å². The number of hydrogen-bond acceptors (Lipinski definition) is 3. The summed E-state index contributed by atoms with van der Waals surface area (Å²) in [6.45, 7) is 9.84. The first kappa shape index (κ1) is 12.0. The Bertz CT molecular complexity index is 190. The van der Waals surface area contributed by atoms with Crippen molar-refractivity contribution >= 4 is 0 Å². The lowest BCUT2D eigenvalue weighted by molar-refractivity contribution is -0.103. The predicted octanol–water partition coefficient (Wildman–Crippen LogP) is 1.70. The summed E-state index contributed by atoms with van der Waals surface area (Å²) in [5.41, 5.74) is 5.20. The van der Waals surface area contributed by atoms with Gasteiger partial charge in [0.25, 0.3) is 0 Å². The van der Waals surface area contributed by atoms with Gasteiger partial charge in [-0.2, -0.15) is 0 Å². The topological polar surface area (TPSA) is 44.5 Å². The molecule has 0 bridgehead atoms. The maximum absolute atomic E-state index is 5.92. The molecule has 0 amide bonds. The average molecular weight is 201 g/mol. The molecule has 14 heavy (non-hydrogen) atoms. The highest BCUT2D eigenvalue weighted by Crippen LogP contribution is 2.38. The minimum absolute atomic E-state index is 0.0586. The lowest BCUT2D eigenvalue weighted by Crippen LogP contribution is -2.35. The van der Waals surface area contributed by atoms with E-state index in [1.807, 2.05) is 0 Å². The van der Waals surface area contributed by atoms with Crippen molar-refractivity contribution in [2.24, 2.45) is 5.73 Å². The van der Waals surface area contributed by atoms with E-state index in [0.717, 1.165) is 19.4 Å². The first-order chi connectivity index (χ1) is 6.37. The van der Waals surface area contributed by atoms with Crippen LogP contribution in [0.1, 0.15) is 40.5 Å². The summed E-state index contributed by atoms with van der Waals surface area (Å²) in [4.78, 5) is 0. The second kappa shape index (κ2) is 4.17. The molecule has 1 fully saturated rings. The van der Waals surface area contributed by atoms with Gasteiger partial charge in [0, 0.05) is 13.0 Å². The number of rotatable bonds is 4. The molecule has 1 unspecified atom stereocenters. The average Bonchev–Trinajstić information content (AvgIpc) is 2.20. The Morgan fingerprint density at radius 2 is 2.00 bits per heavy atom. The van der Waals surface area contributed by atoms with Crippen molar-refractivity contribution in [1.82, 2.24) is 0 Å². The first-order valence-corrected chi connectivity index (χ1v) is 5.39. The fraction of sp³-hybridized carbons (Fsp3) is 1.00. The van der Waals surface area contributed by atoms with Crippen molar-refractivity contribution in [2.45, 2.75) is 57.8 Å². The van der Waals surface area contributed by atoms with Crippen molar-refractivity contribution in [3.63, 3.8) is 0 Å². The minimum Gasteiger partial charge on any atom is -0.375 e. The summed E-state index contributed by atoms with van der Waals surface area (Å²) in [7, 11) is 0. The molecule has 3 heteroatoms. The van der Waals surface area contributed by atoms with E-state index in [4.69, 9.17) is 15.2 Å². The van der Waals surface area contributed by atoms with Gasteiger partial charge in [-0.15, -0.1) is 0 Å². The van der Waals surface area contributed by atoms with E-state index >= 15 is 0 Å². The zero-order chi connectivity index (χ0) is 10.8. The van der Waals surface area contributed by atoms with Crippen molar-refractivity contribution in [3.05, 3.63) is 0 Å². The number of nitrogens with two attached hydrogens (primary N) is 1. The fourth-order valence-corrected chi connectivity index (χ4v) is 2.08. The standard InChI is InChI=1S/C11H23NO2/c1-10(2)8-9(11(3,4)14-10)13-7-5-6-12/h9H,5-8,12H2,1-4H3. The second-order valence-electron chi connectivity index (χ2n) is 5.17. The first-order valence-electron chi connectivity index (χ1n) is 5.39. The summed E-state index contributed by atoms with van der Waals surface area (Å²) in [5.74, 6) is 0. The maximum Gasteiger partial charge on any atom is 0.0895 e. The van der Waals surface area contributed by atoms with E-state index in [1.165, 1.54) is 0 Å². The summed E-state index contributed by atoms with van der Waals surface area (Å²) >= 11 is 0. The quantitative estimate of drug-likeness (QED) is 0.704. The van der Waals surface area contributed by atoms with Crippen LogP contribution < -0.4 is 5.73 Å². The third kappa shape index (κ3) is 2.94. The molecule has 0 spiro atoms. The molecule has 3 nitrogen and oxygen atoms in total. The molecule has 84 valence electrons. The van der Waals surface area contributed by atoms with Gasteiger partial charge in [-0.05, 0) is 40.7 Å². The molecule has 0 aromatic carbocycles. The van der Waals surface area contributed by atoms with Gasteiger partial charge in [0.2, 0.25) is 0 Å². The second-order valence-corrected chi connectivity index (χ2v) is 5.17. The minimum atomic E-state index is -0.169. The van der Waals surface area contributed by atoms with Crippen molar-refractivity contribution in [2.75, 3.05) is 13.2 Å². The van der Waals surface area contributed by atoms with Gasteiger partial charge in [0.1, 0.15) is 0 Å². The summed E-state index contributed by atoms with van der Waals surface area (Å²) in [6, 6.07) is 0. The van der Waals surface area contributed by atoms with Crippen molar-refractivity contribution in [1.29, 1.82) is 0 Å². The molecular weight excluding hydrogens is 178 g/mol. The molecule has 2 N–H and O–H groups in total. The van der Waals surface area contributed by atoms with E-state index in [2.05, 4.69) is 27.7 Å². The number of hydrogen-bond donors (Lipinski definition) is 1. The Balaban J connectivity index is 2.44. The van der Waals surface area contributed by atoms with Crippen LogP contribution in [0, 0.1) is 0 Å². The largest absolute Gasteiger partial charge is 0.375 e. The smallest absolute Gasteiger partial charge is 0.0895 e. The van der Waals surface area contributed by atoms with Crippen LogP contribution in [-0.2, 0) is 9.47 Å². The molecule has 0 aromatic heterocycles. The van der Waals surface area contributed by atoms with E-state index in [0.29, 0.717) is 6.54 Å². The van der Waals surface area contributed by atoms with Crippen LogP contribution in [0.25, 0.3) is 0 Å². The molecule has 1 aliphatic rings. The molecule has 0 aromatic rings. The lowest BCUT2D eigenvalue weighted by atomic mass is 9.97. The van der Waals surface area contributed by atoms with Crippen LogP contribution in [0.15, 0.2) is 0 Å². The van der Waals surface area contributed by atoms with Crippen LogP contribution in [0.4, 0.5) is 0 Å². The molecule has 0 saturated carbocycles. The Hall–Kier alpha value is -0.120. The van der Waals surface area contributed by atoms with Gasteiger partial charge in [0.05, 0.1) is 17.3 Å². The maximum atomic E-state index is 5.92. The van der Waals surface area contributed by atoms with E-state index in [1.54, 1.807) is 0 Å². The highest BCUT2D eigenvalue weighted by atomic mass is 16.6. The molecule has 0 aliphatic carbocycles. The zero-order valence-corrected chi connectivity index (χ0v) is 9.80. The third-order valence-corrected chi connectivity index (χ3v) is 2.66. The molecule has 1 heterocycles. The van der Waals surface area contributed by atoms with Crippen LogP contribution in [0.5, 0.6) is 0 Å². The van der Waals surface area contributed by atoms with Crippen LogP contribution >= 0.6 is 0 Å². The van der Waals surface area contributed by atoms with Crippen LogP contribution in [0.2, 0.25) is 0 Å². The molecule has 1 atom stereocenters. The Morgan fingerprint density at radius 3 is 2.43 bits per heavy atom. The van der Waals surface area contributed by atoms with E-state index in [-0.39, 0.29) is 17.3 Å². The number of ether oxygens (including phenoxy) is 2. The summed E-state index contributed by atoms with van der Waals surface area (Å²) in [6.07, 6.45) is 2.08. The van der Waals surface area contributed by atoms with Crippen molar-refractivity contribution < 1.29 is 9.47 Å². The molecule has 1 aliphatic heterocycles. The zero-order valence-electron chi connectivity index (χ0n) is 9.80. The molecule has 0 radical (unpaired) electrons. The normalized spacial score (nSPS) is 29.4. The van der Waals surface area contributed by atoms with Gasteiger partial charge in [-0.3, -0.25) is 0 Å². The summed E-state index contributed by atoms with van der Waals surface area (Å²) < 4.78 is 11.7. The third-order valence-electron chi connectivity index (χ3n) is 2.66. The highest BCUT2D eigenvalue weighted by molar-refractivity contribution is 4.95. The van der Waals surface area contributed by atoms with E-state index in [9.17, 15) is 0 Å². The van der Waals surface area contributed by atoms with Gasteiger partial charge in [-0.1, -0.05) is 0 Å². The van der Waals surface area contributed by atoms with Gasteiger partial charge in [0.15, 0.2) is 0 Å². The molecular formula is C11H23NO2. The Morgan fingerprint density at radius 1 is 1.36 bits per heavy atom. The van der Waals surface area contributed by atoms with Gasteiger partial charge < -0.3 is 15.2 Å². The van der Waals surface area contributed by atoms with Crippen molar-refractivity contribution in [3.8, 4) is 0 Å².